The summed E-state index contributed by atoms with van der Waals surface area (Å²) in [7, 11) is 0. The number of rotatable bonds is 0. The molecule has 0 heterocycles. The zero-order valence-electron chi connectivity index (χ0n) is 4.73. The van der Waals surface area contributed by atoms with E-state index in [2.05, 4.69) is 0 Å². The molecule has 0 aliphatic carbocycles. The van der Waals surface area contributed by atoms with Gasteiger partial charge in [-0.3, -0.25) is 4.79 Å². The number of carboxylic acids is 1. The van der Waals surface area contributed by atoms with Crippen LogP contribution in [0, 0.1) is 49.4 Å². The van der Waals surface area contributed by atoms with Gasteiger partial charge < -0.3 is 27.0 Å². The van der Waals surface area contributed by atoms with Crippen LogP contribution in [-0.2, 0) is 4.79 Å². The quantitative estimate of drug-likeness (QED) is 0.495. The maximum Gasteiger partial charge on any atom is 0.300 e. The molecule has 0 unspecified atom stereocenters. The van der Waals surface area contributed by atoms with E-state index in [1.165, 1.54) is 0 Å². The van der Waals surface area contributed by atoms with Gasteiger partial charge in [0.1, 0.15) is 0 Å². The van der Waals surface area contributed by atoms with Crippen molar-refractivity contribution < 1.29 is 81.2 Å². The monoisotopic (exact) mass is 285 g/mol. The van der Waals surface area contributed by atoms with Crippen LogP contribution in [0.15, 0.2) is 0 Å². The molecule has 0 aromatic rings. The molecule has 1 radical (unpaired) electrons. The molecule has 0 aliphatic rings. The van der Waals surface area contributed by atoms with Crippen molar-refractivity contribution in [3.8, 4) is 0 Å². The summed E-state index contributed by atoms with van der Waals surface area (Å²) in [5.41, 5.74) is 0. The molecule has 0 saturated carbocycles. The van der Waals surface area contributed by atoms with Gasteiger partial charge in [0.2, 0.25) is 0 Å². The first kappa shape index (κ1) is 51.6. The second kappa shape index (κ2) is 36.5. The summed E-state index contributed by atoms with van der Waals surface area (Å²) in [4.78, 5) is 9.00. The van der Waals surface area contributed by atoms with E-state index in [0.717, 1.165) is 6.92 Å². The predicted octanol–water partition coefficient (Wildman–Crippen LogP) is -3.21. The molecule has 0 fully saturated rings. The van der Waals surface area contributed by atoms with Gasteiger partial charge in [0.25, 0.3) is 5.97 Å². The van der Waals surface area contributed by atoms with Crippen LogP contribution in [0.4, 0.5) is 0 Å². The second-order valence-electron chi connectivity index (χ2n) is 0.519. The van der Waals surface area contributed by atoms with Crippen LogP contribution in [0.1, 0.15) is 6.92 Å². The van der Waals surface area contributed by atoms with E-state index < -0.39 is 5.97 Å². The first-order chi connectivity index (χ1) is 1.73. The van der Waals surface area contributed by atoms with Gasteiger partial charge in [-0.15, -0.1) is 0 Å². The summed E-state index contributed by atoms with van der Waals surface area (Å²) >= 11 is 0. The van der Waals surface area contributed by atoms with Crippen LogP contribution in [0.25, 0.3) is 0 Å². The minimum absolute atomic E-state index is 0. The molecule has 0 amide bonds. The van der Waals surface area contributed by atoms with Gasteiger partial charge in [0.05, 0.1) is 0 Å². The molecule has 63 valence electrons. The largest absolute Gasteiger partial charge is 0.481 e. The van der Waals surface area contributed by atoms with E-state index in [1.54, 1.807) is 0 Å². The Balaban J connectivity index is -0.00000000450. The summed E-state index contributed by atoms with van der Waals surface area (Å²) in [6.45, 7) is 1.08. The van der Waals surface area contributed by atoms with Crippen molar-refractivity contribution in [1.29, 1.82) is 0 Å². The van der Waals surface area contributed by atoms with Gasteiger partial charge in [-0.1, -0.05) is 0 Å². The summed E-state index contributed by atoms with van der Waals surface area (Å²) < 4.78 is 0. The fourth-order valence-corrected chi connectivity index (χ4v) is 0. The molecular formula is C2H12EuO6. The first-order valence-electron chi connectivity index (χ1n) is 0.928. The molecule has 0 rings (SSSR count). The van der Waals surface area contributed by atoms with Gasteiger partial charge in [-0.05, 0) is 0 Å². The summed E-state index contributed by atoms with van der Waals surface area (Å²) in [6, 6.07) is 0. The summed E-state index contributed by atoms with van der Waals surface area (Å²) in [5.74, 6) is -0.833. The van der Waals surface area contributed by atoms with Crippen LogP contribution in [0.2, 0.25) is 0 Å². The molecule has 0 aromatic carbocycles. The fourth-order valence-electron chi connectivity index (χ4n) is 0. The fraction of sp³-hybridized carbons (Fsp3) is 0.500. The second-order valence-corrected chi connectivity index (χ2v) is 0.519. The zero-order valence-corrected chi connectivity index (χ0v) is 7.16. The van der Waals surface area contributed by atoms with Gasteiger partial charge in [0, 0.05) is 56.3 Å². The number of carboxylic acid groups (broad SMARTS) is 1. The Morgan fingerprint density at radius 2 is 1.11 bits per heavy atom. The average Bonchev–Trinajstić information content (AvgIpc) is 0.811. The van der Waals surface area contributed by atoms with Crippen LogP contribution in [0.3, 0.4) is 0 Å². The Morgan fingerprint density at radius 1 is 1.11 bits per heavy atom. The van der Waals surface area contributed by atoms with Crippen LogP contribution in [-0.4, -0.2) is 33.0 Å². The van der Waals surface area contributed by atoms with E-state index in [4.69, 9.17) is 9.90 Å². The third-order valence-electron chi connectivity index (χ3n) is 0. The van der Waals surface area contributed by atoms with Gasteiger partial charge >= 0.3 is 0 Å². The van der Waals surface area contributed by atoms with Crippen LogP contribution >= 0.6 is 0 Å². The maximum atomic E-state index is 9.00. The molecule has 0 spiro atoms. The van der Waals surface area contributed by atoms with Crippen molar-refractivity contribution in [1.82, 2.24) is 0 Å². The van der Waals surface area contributed by atoms with Crippen LogP contribution < -0.4 is 0 Å². The van der Waals surface area contributed by atoms with Crippen molar-refractivity contribution in [3.63, 3.8) is 0 Å². The molecule has 7 heteroatoms. The van der Waals surface area contributed by atoms with Crippen molar-refractivity contribution in [3.05, 3.63) is 0 Å². The maximum absolute atomic E-state index is 9.00. The third-order valence-corrected chi connectivity index (χ3v) is 0. The molecule has 0 aliphatic heterocycles. The van der Waals surface area contributed by atoms with E-state index in [-0.39, 0.29) is 71.3 Å². The minimum Gasteiger partial charge on any atom is -0.481 e. The molecular weight excluding hydrogens is 272 g/mol. The molecule has 0 aromatic heterocycles. The third kappa shape index (κ3) is 528. The van der Waals surface area contributed by atoms with Crippen molar-refractivity contribution in [2.24, 2.45) is 0 Å². The Hall–Kier alpha value is 0.894. The zero-order chi connectivity index (χ0) is 3.58. The number of hydrogen-bond donors (Lipinski definition) is 1. The van der Waals surface area contributed by atoms with E-state index >= 15 is 0 Å². The molecule has 0 atom stereocenters. The standard InChI is InChI=1S/C2H4O2.Eu.4H2O/c1-2(3)4;;;;;/h1H3,(H,3,4);;4*1H2. The SMILES string of the molecule is CC(=O)O.O.O.O.O.[Eu]. The number of carbonyl (C=O) groups is 1. The molecule has 0 bridgehead atoms. The summed E-state index contributed by atoms with van der Waals surface area (Å²) in [5, 5.41) is 7.42. The normalized spacial score (nSPS) is 2.78. The Kier molecular flexibility index (Phi) is 210. The molecule has 9 heavy (non-hydrogen) atoms. The smallest absolute Gasteiger partial charge is 0.300 e. The molecule has 6 nitrogen and oxygen atoms in total. The van der Waals surface area contributed by atoms with E-state index in [1.807, 2.05) is 0 Å². The van der Waals surface area contributed by atoms with E-state index in [0.29, 0.717) is 0 Å². The van der Waals surface area contributed by atoms with Crippen molar-refractivity contribution in [2.75, 3.05) is 0 Å². The molecule has 9 N–H and O–H groups in total. The number of aliphatic carboxylic acids is 1. The predicted molar refractivity (Wildman–Crippen MR) is 27.8 cm³/mol. The molecule has 0 saturated heterocycles. The van der Waals surface area contributed by atoms with Crippen molar-refractivity contribution in [2.45, 2.75) is 6.92 Å². The average molecular weight is 284 g/mol. The Labute approximate surface area is 93.0 Å². The van der Waals surface area contributed by atoms with Crippen molar-refractivity contribution >= 4 is 5.97 Å². The van der Waals surface area contributed by atoms with Gasteiger partial charge in [-0.25, -0.2) is 0 Å². The minimum atomic E-state index is -0.833. The Bertz CT molecular complexity index is 34.0. The first-order valence-corrected chi connectivity index (χ1v) is 0.928. The summed E-state index contributed by atoms with van der Waals surface area (Å²) in [6.07, 6.45) is 0. The van der Waals surface area contributed by atoms with Gasteiger partial charge in [0.15, 0.2) is 0 Å². The van der Waals surface area contributed by atoms with Gasteiger partial charge in [-0.2, -0.15) is 0 Å². The van der Waals surface area contributed by atoms with E-state index in [9.17, 15) is 0 Å². The van der Waals surface area contributed by atoms with Crippen LogP contribution in [0.5, 0.6) is 0 Å². The number of hydrogen-bond acceptors (Lipinski definition) is 1. The Morgan fingerprint density at radius 3 is 1.11 bits per heavy atom. The topological polar surface area (TPSA) is 163 Å².